The molecule has 1 aromatic rings. The molecule has 0 saturated carbocycles. The van der Waals surface area contributed by atoms with Crippen molar-refractivity contribution in [3.8, 4) is 5.75 Å². The zero-order valence-corrected chi connectivity index (χ0v) is 8.60. The van der Waals surface area contributed by atoms with Crippen LogP contribution in [-0.4, -0.2) is 23.4 Å². The lowest BCUT2D eigenvalue weighted by Crippen LogP contribution is -2.23. The highest BCUT2D eigenvalue weighted by Gasteiger charge is 2.23. The second kappa shape index (κ2) is 4.64. The SMILES string of the molecule is Oc1ccc(C(O)C2CCCOC2)cc1. The van der Waals surface area contributed by atoms with E-state index >= 15 is 0 Å². The van der Waals surface area contributed by atoms with Gasteiger partial charge in [0.2, 0.25) is 0 Å². The number of hydrogen-bond acceptors (Lipinski definition) is 3. The Morgan fingerprint density at radius 3 is 2.60 bits per heavy atom. The van der Waals surface area contributed by atoms with E-state index in [9.17, 15) is 5.11 Å². The molecule has 1 heterocycles. The lowest BCUT2D eigenvalue weighted by molar-refractivity contribution is -0.00997. The van der Waals surface area contributed by atoms with E-state index in [4.69, 9.17) is 9.84 Å². The lowest BCUT2D eigenvalue weighted by Gasteiger charge is -2.26. The van der Waals surface area contributed by atoms with Gasteiger partial charge in [0.05, 0.1) is 12.7 Å². The van der Waals surface area contributed by atoms with Gasteiger partial charge in [-0.25, -0.2) is 0 Å². The molecule has 15 heavy (non-hydrogen) atoms. The standard InChI is InChI=1S/C12H16O3/c13-11-5-3-9(4-6-11)12(14)10-2-1-7-15-8-10/h3-6,10,12-14H,1-2,7-8H2. The molecule has 0 aliphatic carbocycles. The summed E-state index contributed by atoms with van der Waals surface area (Å²) >= 11 is 0. The monoisotopic (exact) mass is 208 g/mol. The number of phenolic OH excluding ortho intramolecular Hbond substituents is 1. The van der Waals surface area contributed by atoms with Crippen molar-refractivity contribution in [2.45, 2.75) is 18.9 Å². The Bertz CT molecular complexity index is 301. The van der Waals surface area contributed by atoms with E-state index in [-0.39, 0.29) is 11.7 Å². The maximum Gasteiger partial charge on any atom is 0.115 e. The first-order valence-corrected chi connectivity index (χ1v) is 5.32. The van der Waals surface area contributed by atoms with Crippen LogP contribution in [0.2, 0.25) is 0 Å². The maximum atomic E-state index is 10.1. The topological polar surface area (TPSA) is 49.7 Å². The zero-order chi connectivity index (χ0) is 10.7. The molecule has 0 bridgehead atoms. The highest BCUT2D eigenvalue weighted by molar-refractivity contribution is 5.27. The second-order valence-electron chi connectivity index (χ2n) is 4.01. The molecule has 1 aliphatic rings. The third-order valence-corrected chi connectivity index (χ3v) is 2.88. The molecule has 0 radical (unpaired) electrons. The van der Waals surface area contributed by atoms with E-state index < -0.39 is 6.10 Å². The summed E-state index contributed by atoms with van der Waals surface area (Å²) in [6.45, 7) is 1.43. The summed E-state index contributed by atoms with van der Waals surface area (Å²) in [5, 5.41) is 19.2. The molecular formula is C12H16O3. The van der Waals surface area contributed by atoms with Crippen LogP contribution in [0.15, 0.2) is 24.3 Å². The van der Waals surface area contributed by atoms with Gasteiger partial charge in [-0.3, -0.25) is 0 Å². The van der Waals surface area contributed by atoms with Crippen LogP contribution in [0.5, 0.6) is 5.75 Å². The number of aromatic hydroxyl groups is 1. The Morgan fingerprint density at radius 2 is 2.00 bits per heavy atom. The van der Waals surface area contributed by atoms with Crippen LogP contribution in [0.4, 0.5) is 0 Å². The first-order valence-electron chi connectivity index (χ1n) is 5.32. The normalized spacial score (nSPS) is 23.7. The molecule has 2 unspecified atom stereocenters. The summed E-state index contributed by atoms with van der Waals surface area (Å²) in [6.07, 6.45) is 1.54. The molecule has 1 fully saturated rings. The number of ether oxygens (including phenoxy) is 1. The minimum Gasteiger partial charge on any atom is -0.508 e. The van der Waals surface area contributed by atoms with Crippen LogP contribution in [0, 0.1) is 5.92 Å². The molecule has 0 amide bonds. The zero-order valence-electron chi connectivity index (χ0n) is 8.60. The summed E-state index contributed by atoms with van der Waals surface area (Å²) in [4.78, 5) is 0. The molecule has 2 atom stereocenters. The molecule has 3 heteroatoms. The van der Waals surface area contributed by atoms with Gasteiger partial charge >= 0.3 is 0 Å². The fourth-order valence-corrected chi connectivity index (χ4v) is 1.96. The smallest absolute Gasteiger partial charge is 0.115 e. The van der Waals surface area contributed by atoms with Gasteiger partial charge < -0.3 is 14.9 Å². The van der Waals surface area contributed by atoms with E-state index in [2.05, 4.69) is 0 Å². The first kappa shape index (κ1) is 10.5. The van der Waals surface area contributed by atoms with Crippen LogP contribution < -0.4 is 0 Å². The van der Waals surface area contributed by atoms with Crippen LogP contribution in [-0.2, 0) is 4.74 Å². The van der Waals surface area contributed by atoms with Gasteiger partial charge in [0.15, 0.2) is 0 Å². The minimum atomic E-state index is -0.481. The van der Waals surface area contributed by atoms with Crippen molar-refractivity contribution < 1.29 is 14.9 Å². The molecule has 1 saturated heterocycles. The third-order valence-electron chi connectivity index (χ3n) is 2.88. The van der Waals surface area contributed by atoms with E-state index in [1.807, 2.05) is 0 Å². The highest BCUT2D eigenvalue weighted by atomic mass is 16.5. The second-order valence-corrected chi connectivity index (χ2v) is 4.01. The van der Waals surface area contributed by atoms with Gasteiger partial charge in [-0.05, 0) is 30.5 Å². The first-order chi connectivity index (χ1) is 7.27. The van der Waals surface area contributed by atoms with E-state index in [0.29, 0.717) is 6.61 Å². The van der Waals surface area contributed by atoms with Gasteiger partial charge in [0.1, 0.15) is 5.75 Å². The number of hydrogen-bond donors (Lipinski definition) is 2. The van der Waals surface area contributed by atoms with E-state index in [1.54, 1.807) is 24.3 Å². The van der Waals surface area contributed by atoms with Crippen LogP contribution in [0.1, 0.15) is 24.5 Å². The third kappa shape index (κ3) is 2.49. The Kier molecular flexibility index (Phi) is 3.23. The summed E-state index contributed by atoms with van der Waals surface area (Å²) < 4.78 is 5.34. The van der Waals surface area contributed by atoms with Crippen molar-refractivity contribution in [1.29, 1.82) is 0 Å². The summed E-state index contributed by atoms with van der Waals surface area (Å²) in [7, 11) is 0. The fourth-order valence-electron chi connectivity index (χ4n) is 1.96. The quantitative estimate of drug-likeness (QED) is 0.779. The molecule has 1 aliphatic heterocycles. The van der Waals surface area contributed by atoms with Gasteiger partial charge in [-0.2, -0.15) is 0 Å². The number of aliphatic hydroxyl groups excluding tert-OH is 1. The predicted octanol–water partition coefficient (Wildman–Crippen LogP) is 1.85. The van der Waals surface area contributed by atoms with Crippen LogP contribution in [0.3, 0.4) is 0 Å². The van der Waals surface area contributed by atoms with Gasteiger partial charge in [-0.1, -0.05) is 12.1 Å². The maximum absolute atomic E-state index is 10.1. The minimum absolute atomic E-state index is 0.184. The van der Waals surface area contributed by atoms with Gasteiger partial charge in [0.25, 0.3) is 0 Å². The molecule has 2 rings (SSSR count). The van der Waals surface area contributed by atoms with Crippen LogP contribution in [0.25, 0.3) is 0 Å². The molecule has 1 aromatic carbocycles. The van der Waals surface area contributed by atoms with Crippen molar-refractivity contribution >= 4 is 0 Å². The Morgan fingerprint density at radius 1 is 1.27 bits per heavy atom. The summed E-state index contributed by atoms with van der Waals surface area (Å²) in [6, 6.07) is 6.72. The van der Waals surface area contributed by atoms with Crippen molar-refractivity contribution in [3.05, 3.63) is 29.8 Å². The molecule has 0 aromatic heterocycles. The number of phenols is 1. The Hall–Kier alpha value is -1.06. The Labute approximate surface area is 89.3 Å². The van der Waals surface area contributed by atoms with Crippen molar-refractivity contribution in [1.82, 2.24) is 0 Å². The van der Waals surface area contributed by atoms with E-state index in [1.165, 1.54) is 0 Å². The van der Waals surface area contributed by atoms with Gasteiger partial charge in [-0.15, -0.1) is 0 Å². The number of benzene rings is 1. The highest BCUT2D eigenvalue weighted by Crippen LogP contribution is 2.29. The van der Waals surface area contributed by atoms with Crippen molar-refractivity contribution in [2.24, 2.45) is 5.92 Å². The molecule has 0 spiro atoms. The van der Waals surface area contributed by atoms with Crippen molar-refractivity contribution in [3.63, 3.8) is 0 Å². The van der Waals surface area contributed by atoms with Crippen molar-refractivity contribution in [2.75, 3.05) is 13.2 Å². The lowest BCUT2D eigenvalue weighted by atomic mass is 9.91. The number of rotatable bonds is 2. The fraction of sp³-hybridized carbons (Fsp3) is 0.500. The predicted molar refractivity (Wildman–Crippen MR) is 56.6 cm³/mol. The molecule has 3 nitrogen and oxygen atoms in total. The Balaban J connectivity index is 2.05. The molecular weight excluding hydrogens is 192 g/mol. The number of aliphatic hydroxyl groups is 1. The van der Waals surface area contributed by atoms with E-state index in [0.717, 1.165) is 25.0 Å². The summed E-state index contributed by atoms with van der Waals surface area (Å²) in [5.41, 5.74) is 0.850. The van der Waals surface area contributed by atoms with Gasteiger partial charge in [0, 0.05) is 12.5 Å². The molecule has 2 N–H and O–H groups in total. The largest absolute Gasteiger partial charge is 0.508 e. The van der Waals surface area contributed by atoms with Crippen LogP contribution >= 0.6 is 0 Å². The average molecular weight is 208 g/mol. The average Bonchev–Trinajstić information content (AvgIpc) is 2.30. The molecule has 82 valence electrons. The summed E-state index contributed by atoms with van der Waals surface area (Å²) in [5.74, 6) is 0.411.